The molecular formula is C21H25N3O3. The monoisotopic (exact) mass is 367 g/mol. The summed E-state index contributed by atoms with van der Waals surface area (Å²) in [5, 5.41) is 5.09. The van der Waals surface area contributed by atoms with Gasteiger partial charge in [-0.15, -0.1) is 0 Å². The molecule has 0 saturated carbocycles. The van der Waals surface area contributed by atoms with Crippen LogP contribution < -0.4 is 16.4 Å². The zero-order valence-corrected chi connectivity index (χ0v) is 15.8. The van der Waals surface area contributed by atoms with Gasteiger partial charge in [0.1, 0.15) is 6.04 Å². The third kappa shape index (κ3) is 5.67. The maximum Gasteiger partial charge on any atom is 0.251 e. The van der Waals surface area contributed by atoms with Gasteiger partial charge in [0.25, 0.3) is 5.91 Å². The van der Waals surface area contributed by atoms with Crippen molar-refractivity contribution in [3.63, 3.8) is 0 Å². The van der Waals surface area contributed by atoms with Gasteiger partial charge in [0.05, 0.1) is 6.54 Å². The summed E-state index contributed by atoms with van der Waals surface area (Å²) in [6.45, 7) is 6.02. The van der Waals surface area contributed by atoms with Gasteiger partial charge in [-0.3, -0.25) is 14.4 Å². The number of hydrogen-bond donors (Lipinski definition) is 3. The second-order valence-electron chi connectivity index (χ2n) is 7.32. The number of rotatable bonds is 6. The first-order chi connectivity index (χ1) is 12.7. The van der Waals surface area contributed by atoms with Crippen LogP contribution in [0.4, 0.5) is 0 Å². The quantitative estimate of drug-likeness (QED) is 0.728. The van der Waals surface area contributed by atoms with E-state index in [1.54, 1.807) is 42.5 Å². The van der Waals surface area contributed by atoms with Gasteiger partial charge < -0.3 is 16.4 Å². The highest BCUT2D eigenvalue weighted by atomic mass is 16.2. The van der Waals surface area contributed by atoms with E-state index in [0.29, 0.717) is 11.1 Å². The molecule has 0 aromatic heterocycles. The molecule has 6 heteroatoms. The van der Waals surface area contributed by atoms with Crippen molar-refractivity contribution in [1.82, 2.24) is 10.6 Å². The Hall–Kier alpha value is -3.15. The molecule has 0 heterocycles. The number of primary amides is 1. The number of nitrogens with two attached hydrogens (primary N) is 1. The predicted molar refractivity (Wildman–Crippen MR) is 104 cm³/mol. The highest BCUT2D eigenvalue weighted by molar-refractivity contribution is 5.97. The molecule has 0 aliphatic heterocycles. The molecule has 1 atom stereocenters. The molecule has 3 amide bonds. The number of benzene rings is 2. The molecule has 2 aromatic carbocycles. The summed E-state index contributed by atoms with van der Waals surface area (Å²) in [4.78, 5) is 36.0. The van der Waals surface area contributed by atoms with Crippen molar-refractivity contribution in [3.8, 4) is 0 Å². The minimum absolute atomic E-state index is 0.00387. The summed E-state index contributed by atoms with van der Waals surface area (Å²) < 4.78 is 0. The zero-order chi connectivity index (χ0) is 20.0. The second-order valence-corrected chi connectivity index (χ2v) is 7.32. The Morgan fingerprint density at radius 1 is 0.963 bits per heavy atom. The number of nitrogens with one attached hydrogen (secondary N) is 2. The number of hydrogen-bond acceptors (Lipinski definition) is 3. The molecule has 142 valence electrons. The zero-order valence-electron chi connectivity index (χ0n) is 15.8. The summed E-state index contributed by atoms with van der Waals surface area (Å²) in [7, 11) is 0. The van der Waals surface area contributed by atoms with E-state index >= 15 is 0 Å². The van der Waals surface area contributed by atoms with Crippen LogP contribution in [0, 0.1) is 0 Å². The summed E-state index contributed by atoms with van der Waals surface area (Å²) in [6, 6.07) is 15.0. The molecule has 0 aliphatic carbocycles. The van der Waals surface area contributed by atoms with Crippen LogP contribution in [0.25, 0.3) is 0 Å². The Balaban J connectivity index is 1.94. The molecule has 0 aliphatic rings. The molecule has 2 aromatic rings. The normalized spacial score (nSPS) is 12.1. The van der Waals surface area contributed by atoms with Crippen molar-refractivity contribution < 1.29 is 14.4 Å². The minimum Gasteiger partial charge on any atom is -0.368 e. The molecule has 27 heavy (non-hydrogen) atoms. The third-order valence-corrected chi connectivity index (χ3v) is 4.15. The molecule has 0 fully saturated rings. The maximum atomic E-state index is 12.2. The molecule has 1 unspecified atom stereocenters. The van der Waals surface area contributed by atoms with Crippen molar-refractivity contribution in [3.05, 3.63) is 71.3 Å². The molecule has 0 spiro atoms. The second kappa shape index (κ2) is 8.49. The molecule has 2 rings (SSSR count). The third-order valence-electron chi connectivity index (χ3n) is 4.15. The molecular weight excluding hydrogens is 342 g/mol. The van der Waals surface area contributed by atoms with Crippen LogP contribution in [-0.4, -0.2) is 24.3 Å². The average molecular weight is 367 g/mol. The van der Waals surface area contributed by atoms with Crippen LogP contribution in [0.3, 0.4) is 0 Å². The average Bonchev–Trinajstić information content (AvgIpc) is 2.64. The Labute approximate surface area is 159 Å². The lowest BCUT2D eigenvalue weighted by atomic mass is 9.87. The van der Waals surface area contributed by atoms with E-state index in [0.717, 1.165) is 5.56 Å². The largest absolute Gasteiger partial charge is 0.368 e. The Morgan fingerprint density at radius 3 is 2.07 bits per heavy atom. The van der Waals surface area contributed by atoms with E-state index in [1.165, 1.54) is 0 Å². The maximum absolute atomic E-state index is 12.2. The minimum atomic E-state index is -0.943. The van der Waals surface area contributed by atoms with E-state index in [4.69, 9.17) is 5.73 Å². The Bertz CT molecular complexity index is 809. The molecule has 0 bridgehead atoms. The fourth-order valence-corrected chi connectivity index (χ4v) is 2.56. The molecule has 0 saturated heterocycles. The lowest BCUT2D eigenvalue weighted by Crippen LogP contribution is -2.42. The van der Waals surface area contributed by atoms with Crippen LogP contribution in [0.5, 0.6) is 0 Å². The molecule has 4 N–H and O–H groups in total. The van der Waals surface area contributed by atoms with Crippen molar-refractivity contribution in [2.45, 2.75) is 32.2 Å². The van der Waals surface area contributed by atoms with Gasteiger partial charge in [0, 0.05) is 5.56 Å². The predicted octanol–water partition coefficient (Wildman–Crippen LogP) is 2.06. The highest BCUT2D eigenvalue weighted by Gasteiger charge is 2.20. The van der Waals surface area contributed by atoms with E-state index in [1.807, 2.05) is 12.1 Å². The SMILES string of the molecule is CC(C)(C)c1ccc(C(=O)NCC(=O)NC(C(N)=O)c2ccccc2)cc1. The van der Waals surface area contributed by atoms with Crippen LogP contribution in [0.1, 0.15) is 48.3 Å². The summed E-state index contributed by atoms with van der Waals surface area (Å²) in [5.41, 5.74) is 7.53. The summed E-state index contributed by atoms with van der Waals surface area (Å²) in [5.74, 6) is -1.53. The topological polar surface area (TPSA) is 101 Å². The van der Waals surface area contributed by atoms with Crippen molar-refractivity contribution in [1.29, 1.82) is 0 Å². The highest BCUT2D eigenvalue weighted by Crippen LogP contribution is 2.22. The Kier molecular flexibility index (Phi) is 6.34. The van der Waals surface area contributed by atoms with Gasteiger partial charge in [0.2, 0.25) is 11.8 Å². The first-order valence-electron chi connectivity index (χ1n) is 8.71. The van der Waals surface area contributed by atoms with Gasteiger partial charge >= 0.3 is 0 Å². The van der Waals surface area contributed by atoms with Gasteiger partial charge in [-0.05, 0) is 28.7 Å². The molecule has 6 nitrogen and oxygen atoms in total. The summed E-state index contributed by atoms with van der Waals surface area (Å²) >= 11 is 0. The van der Waals surface area contributed by atoms with E-state index in [-0.39, 0.29) is 17.9 Å². The standard InChI is InChI=1S/C21H25N3O3/c1-21(2,3)16-11-9-15(10-12-16)20(27)23-13-17(25)24-18(19(22)26)14-7-5-4-6-8-14/h4-12,18H,13H2,1-3H3,(H2,22,26)(H,23,27)(H,24,25). The smallest absolute Gasteiger partial charge is 0.251 e. The van der Waals surface area contributed by atoms with Crippen LogP contribution in [0.2, 0.25) is 0 Å². The fourth-order valence-electron chi connectivity index (χ4n) is 2.56. The number of carbonyl (C=O) groups is 3. The van der Waals surface area contributed by atoms with Crippen molar-refractivity contribution >= 4 is 17.7 Å². The first-order valence-corrected chi connectivity index (χ1v) is 8.71. The van der Waals surface area contributed by atoms with Crippen LogP contribution in [-0.2, 0) is 15.0 Å². The van der Waals surface area contributed by atoms with Gasteiger partial charge in [-0.2, -0.15) is 0 Å². The number of carbonyl (C=O) groups excluding carboxylic acids is 3. The van der Waals surface area contributed by atoms with Crippen LogP contribution in [0.15, 0.2) is 54.6 Å². The van der Waals surface area contributed by atoms with E-state index in [2.05, 4.69) is 31.4 Å². The van der Waals surface area contributed by atoms with Crippen molar-refractivity contribution in [2.75, 3.05) is 6.54 Å². The first kappa shape index (κ1) is 20.2. The molecule has 0 radical (unpaired) electrons. The Morgan fingerprint density at radius 2 is 1.56 bits per heavy atom. The lowest BCUT2D eigenvalue weighted by molar-refractivity contribution is -0.126. The number of amides is 3. The van der Waals surface area contributed by atoms with Gasteiger partial charge in [-0.1, -0.05) is 63.2 Å². The fraction of sp³-hybridized carbons (Fsp3) is 0.286. The van der Waals surface area contributed by atoms with E-state index < -0.39 is 17.9 Å². The van der Waals surface area contributed by atoms with Gasteiger partial charge in [-0.25, -0.2) is 0 Å². The van der Waals surface area contributed by atoms with Crippen LogP contribution >= 0.6 is 0 Å². The summed E-state index contributed by atoms with van der Waals surface area (Å²) in [6.07, 6.45) is 0. The lowest BCUT2D eigenvalue weighted by Gasteiger charge is -2.19. The van der Waals surface area contributed by atoms with Crippen molar-refractivity contribution in [2.24, 2.45) is 5.73 Å². The van der Waals surface area contributed by atoms with Gasteiger partial charge in [0.15, 0.2) is 0 Å². The van der Waals surface area contributed by atoms with E-state index in [9.17, 15) is 14.4 Å².